The maximum Gasteiger partial charge on any atom is 0.325 e. The summed E-state index contributed by atoms with van der Waals surface area (Å²) in [5, 5.41) is 0. The number of hydrogen-bond donors (Lipinski definition) is 1. The molecule has 6 nitrogen and oxygen atoms in total. The minimum Gasteiger partial charge on any atom is -0.368 e. The number of urea groups is 1. The molecule has 26 heavy (non-hydrogen) atoms. The van der Waals surface area contributed by atoms with Crippen LogP contribution in [0.5, 0.6) is 0 Å². The maximum atomic E-state index is 12.8. The van der Waals surface area contributed by atoms with E-state index < -0.39 is 11.9 Å². The molecule has 1 saturated carbocycles. The van der Waals surface area contributed by atoms with Gasteiger partial charge in [0, 0.05) is 12.2 Å². The van der Waals surface area contributed by atoms with E-state index in [0.29, 0.717) is 6.54 Å². The third-order valence-electron chi connectivity index (χ3n) is 6.13. The lowest BCUT2D eigenvalue weighted by atomic mass is 9.92. The summed E-state index contributed by atoms with van der Waals surface area (Å²) in [7, 11) is 4.21. The molecule has 2 aliphatic heterocycles. The van der Waals surface area contributed by atoms with E-state index >= 15 is 0 Å². The topological polar surface area (TPSA) is 69.9 Å². The largest absolute Gasteiger partial charge is 0.368 e. The zero-order valence-corrected chi connectivity index (χ0v) is 15.5. The van der Waals surface area contributed by atoms with Crippen LogP contribution in [0, 0.1) is 6.42 Å². The van der Waals surface area contributed by atoms with Crippen molar-refractivity contribution in [1.82, 2.24) is 9.80 Å². The van der Waals surface area contributed by atoms with Crippen molar-refractivity contribution in [3.8, 4) is 0 Å². The van der Waals surface area contributed by atoms with Gasteiger partial charge in [0.05, 0.1) is 6.04 Å². The molecule has 6 heteroatoms. The third kappa shape index (κ3) is 2.76. The molecule has 1 unspecified atom stereocenters. The summed E-state index contributed by atoms with van der Waals surface area (Å²) in [5.74, 6) is -0.447. The zero-order valence-electron chi connectivity index (χ0n) is 15.5. The number of carbonyl (C=O) groups excluding carboxylic acids is 2. The average Bonchev–Trinajstić information content (AvgIpc) is 3.15. The molecule has 3 aliphatic rings. The summed E-state index contributed by atoms with van der Waals surface area (Å²) in [6.07, 6.45) is 6.44. The molecule has 0 aromatic heterocycles. The van der Waals surface area contributed by atoms with Crippen molar-refractivity contribution in [2.24, 2.45) is 5.73 Å². The van der Waals surface area contributed by atoms with Crippen LogP contribution >= 0.6 is 0 Å². The number of benzene rings is 1. The monoisotopic (exact) mass is 355 g/mol. The Morgan fingerprint density at radius 3 is 2.54 bits per heavy atom. The first-order valence-corrected chi connectivity index (χ1v) is 9.41. The first-order valence-electron chi connectivity index (χ1n) is 9.41. The van der Waals surface area contributed by atoms with Crippen LogP contribution in [-0.4, -0.2) is 61.0 Å². The SMILES string of the molecule is CN(C)CCC1(c2ccc(N3C(=O)N4CC[CH][C@@H]4C3C(N)=O)cc2)CC1. The number of fused-ring (bicyclic) bond motifs is 1. The molecule has 1 radical (unpaired) electrons. The number of rotatable bonds is 6. The first kappa shape index (κ1) is 17.3. The Kier molecular flexibility index (Phi) is 4.18. The maximum absolute atomic E-state index is 12.8. The fourth-order valence-electron chi connectivity index (χ4n) is 4.41. The normalized spacial score (nSPS) is 26.5. The summed E-state index contributed by atoms with van der Waals surface area (Å²) >= 11 is 0. The number of hydrogen-bond acceptors (Lipinski definition) is 3. The van der Waals surface area contributed by atoms with Crippen LogP contribution in [0.25, 0.3) is 0 Å². The molecule has 0 spiro atoms. The van der Waals surface area contributed by atoms with Crippen LogP contribution in [0.4, 0.5) is 10.5 Å². The average molecular weight is 355 g/mol. The van der Waals surface area contributed by atoms with Gasteiger partial charge in [-0.2, -0.15) is 0 Å². The van der Waals surface area contributed by atoms with Crippen molar-refractivity contribution in [2.45, 2.75) is 43.2 Å². The van der Waals surface area contributed by atoms with Crippen LogP contribution in [-0.2, 0) is 10.2 Å². The minimum atomic E-state index is -0.612. The molecular formula is C20H27N4O2. The predicted octanol–water partition coefficient (Wildman–Crippen LogP) is 1.74. The summed E-state index contributed by atoms with van der Waals surface area (Å²) < 4.78 is 0. The molecule has 4 rings (SSSR count). The molecule has 2 heterocycles. The van der Waals surface area contributed by atoms with E-state index in [0.717, 1.165) is 25.1 Å². The Morgan fingerprint density at radius 2 is 1.96 bits per heavy atom. The Hall–Kier alpha value is -2.08. The molecule has 3 amide bonds. The van der Waals surface area contributed by atoms with Crippen LogP contribution in [0.3, 0.4) is 0 Å². The molecule has 1 aromatic rings. The van der Waals surface area contributed by atoms with Gasteiger partial charge in [0.1, 0.15) is 6.04 Å². The first-order chi connectivity index (χ1) is 12.4. The summed E-state index contributed by atoms with van der Waals surface area (Å²) in [6, 6.07) is 7.26. The van der Waals surface area contributed by atoms with E-state index in [9.17, 15) is 9.59 Å². The fourth-order valence-corrected chi connectivity index (χ4v) is 4.41. The van der Waals surface area contributed by atoms with Crippen molar-refractivity contribution in [2.75, 3.05) is 32.1 Å². The molecule has 2 N–H and O–H groups in total. The Labute approximate surface area is 154 Å². The van der Waals surface area contributed by atoms with Crippen LogP contribution in [0.2, 0.25) is 0 Å². The quantitative estimate of drug-likeness (QED) is 0.845. The van der Waals surface area contributed by atoms with Gasteiger partial charge in [-0.25, -0.2) is 4.79 Å². The number of primary amides is 1. The molecule has 2 saturated heterocycles. The summed E-state index contributed by atoms with van der Waals surface area (Å²) in [4.78, 5) is 30.4. The van der Waals surface area contributed by atoms with Crippen LogP contribution in [0.1, 0.15) is 31.2 Å². The standard InChI is InChI=1S/C20H27N4O2/c1-22(2)13-11-20(9-10-20)14-5-7-15(8-6-14)24-17(18(21)25)16-4-3-12-23(16)19(24)26/h4-8,16-17H,3,9-13H2,1-2H3,(H2,21,25)/t16-,17?/m1/s1. The molecule has 0 bridgehead atoms. The van der Waals surface area contributed by atoms with Gasteiger partial charge in [-0.1, -0.05) is 12.1 Å². The van der Waals surface area contributed by atoms with Gasteiger partial charge in [0.25, 0.3) is 0 Å². The number of amides is 3. The second-order valence-electron chi connectivity index (χ2n) is 8.09. The Bertz CT molecular complexity index is 711. The molecule has 1 aliphatic carbocycles. The van der Waals surface area contributed by atoms with Gasteiger partial charge in [0.15, 0.2) is 0 Å². The highest BCUT2D eigenvalue weighted by Gasteiger charge is 2.51. The van der Waals surface area contributed by atoms with Crippen molar-refractivity contribution in [1.29, 1.82) is 0 Å². The van der Waals surface area contributed by atoms with Gasteiger partial charge in [-0.15, -0.1) is 0 Å². The second-order valence-corrected chi connectivity index (χ2v) is 8.09. The van der Waals surface area contributed by atoms with Crippen LogP contribution < -0.4 is 10.6 Å². The highest BCUT2D eigenvalue weighted by molar-refractivity contribution is 6.04. The minimum absolute atomic E-state index is 0.117. The molecule has 2 atom stereocenters. The van der Waals surface area contributed by atoms with E-state index in [1.165, 1.54) is 18.4 Å². The van der Waals surface area contributed by atoms with Crippen molar-refractivity contribution in [3.63, 3.8) is 0 Å². The van der Waals surface area contributed by atoms with E-state index in [2.05, 4.69) is 31.1 Å². The summed E-state index contributed by atoms with van der Waals surface area (Å²) in [5.41, 5.74) is 8.01. The van der Waals surface area contributed by atoms with Crippen molar-refractivity contribution < 1.29 is 9.59 Å². The van der Waals surface area contributed by atoms with Gasteiger partial charge >= 0.3 is 6.03 Å². The number of nitrogens with zero attached hydrogens (tertiary/aromatic N) is 3. The van der Waals surface area contributed by atoms with Crippen molar-refractivity contribution in [3.05, 3.63) is 36.2 Å². The van der Waals surface area contributed by atoms with E-state index in [1.54, 1.807) is 9.80 Å². The third-order valence-corrected chi connectivity index (χ3v) is 6.13. The van der Waals surface area contributed by atoms with Gasteiger partial charge < -0.3 is 15.5 Å². The summed E-state index contributed by atoms with van der Waals surface area (Å²) in [6.45, 7) is 1.73. The molecular weight excluding hydrogens is 328 g/mol. The smallest absolute Gasteiger partial charge is 0.325 e. The molecule has 3 fully saturated rings. The van der Waals surface area contributed by atoms with Crippen LogP contribution in [0.15, 0.2) is 24.3 Å². The lowest BCUT2D eigenvalue weighted by Crippen LogP contribution is -2.46. The lowest BCUT2D eigenvalue weighted by molar-refractivity contribution is -0.119. The van der Waals surface area contributed by atoms with E-state index in [1.807, 2.05) is 18.6 Å². The van der Waals surface area contributed by atoms with Gasteiger partial charge in [-0.05, 0) is 75.9 Å². The Balaban J connectivity index is 1.57. The van der Waals surface area contributed by atoms with Gasteiger partial charge in [-0.3, -0.25) is 9.69 Å². The Morgan fingerprint density at radius 1 is 1.27 bits per heavy atom. The van der Waals surface area contributed by atoms with Gasteiger partial charge in [0.2, 0.25) is 5.91 Å². The lowest BCUT2D eigenvalue weighted by Gasteiger charge is -2.24. The van der Waals surface area contributed by atoms with Crippen molar-refractivity contribution >= 4 is 17.6 Å². The highest BCUT2D eigenvalue weighted by Crippen LogP contribution is 2.51. The fraction of sp³-hybridized carbons (Fsp3) is 0.550. The number of anilines is 1. The highest BCUT2D eigenvalue weighted by atomic mass is 16.2. The van der Waals surface area contributed by atoms with E-state index in [-0.39, 0.29) is 17.5 Å². The predicted molar refractivity (Wildman–Crippen MR) is 101 cm³/mol. The molecule has 1 aromatic carbocycles. The number of carbonyl (C=O) groups is 2. The van der Waals surface area contributed by atoms with E-state index in [4.69, 9.17) is 5.73 Å². The second kappa shape index (κ2) is 6.27. The molecule has 139 valence electrons. The number of nitrogens with two attached hydrogens (primary N) is 1. The zero-order chi connectivity index (χ0) is 18.5.